The third-order valence-electron chi connectivity index (χ3n) is 7.57. The van der Waals surface area contributed by atoms with Crippen molar-refractivity contribution in [2.75, 3.05) is 17.1 Å². The molecule has 228 valence electrons. The number of hydrogen-bond donors (Lipinski definition) is 1. The molecular weight excluding hydrogens is 636 g/mol. The van der Waals surface area contributed by atoms with E-state index in [4.69, 9.17) is 0 Å². The topological polar surface area (TPSA) is 130 Å². The van der Waals surface area contributed by atoms with Crippen LogP contribution in [0.15, 0.2) is 77.3 Å². The largest absolute Gasteiger partial charge is 0.352 e. The predicted molar refractivity (Wildman–Crippen MR) is 169 cm³/mol. The molecule has 3 aromatic carbocycles. The van der Waals surface area contributed by atoms with Crippen LogP contribution in [-0.4, -0.2) is 54.9 Å². The highest BCUT2D eigenvalue weighted by molar-refractivity contribution is 9.10. The number of hydrogen-bond acceptors (Lipinski definition) is 6. The Morgan fingerprint density at radius 1 is 1.02 bits per heavy atom. The molecule has 3 aromatic rings. The van der Waals surface area contributed by atoms with Crippen LogP contribution in [0.2, 0.25) is 0 Å². The third kappa shape index (κ3) is 8.64. The Balaban J connectivity index is 1.76. The lowest BCUT2D eigenvalue weighted by Crippen LogP contribution is -2.54. The van der Waals surface area contributed by atoms with E-state index in [1.807, 2.05) is 54.6 Å². The summed E-state index contributed by atoms with van der Waals surface area (Å²) >= 11 is 3.47. The normalized spacial score (nSPS) is 14.2. The fraction of sp³-hybridized carbons (Fsp3) is 0.355. The van der Waals surface area contributed by atoms with Gasteiger partial charge in [0.15, 0.2) is 0 Å². The van der Waals surface area contributed by atoms with Gasteiger partial charge in [-0.3, -0.25) is 24.0 Å². The molecular formula is C31H35BrN4O6S. The Morgan fingerprint density at radius 3 is 2.33 bits per heavy atom. The van der Waals surface area contributed by atoms with Crippen LogP contribution < -0.4 is 9.62 Å². The number of benzene rings is 3. The van der Waals surface area contributed by atoms with Crippen molar-refractivity contribution in [3.8, 4) is 0 Å². The number of aryl methyl sites for hydroxylation is 1. The zero-order valence-corrected chi connectivity index (χ0v) is 26.5. The average molecular weight is 672 g/mol. The van der Waals surface area contributed by atoms with Gasteiger partial charge in [-0.15, -0.1) is 0 Å². The maximum absolute atomic E-state index is 14.3. The maximum atomic E-state index is 14.3. The number of carbonyl (C=O) groups excluding carboxylic acids is 2. The van der Waals surface area contributed by atoms with Gasteiger partial charge in [-0.25, -0.2) is 8.42 Å². The van der Waals surface area contributed by atoms with Crippen molar-refractivity contribution >= 4 is 49.1 Å². The SMILES string of the molecule is Cc1ccc([N+](=O)[O-])cc1N(CC(=O)N(Cc1cccc(Br)c1)[C@H](Cc1ccccc1)C(=O)NC1CCCC1)S(C)(=O)=O. The zero-order chi connectivity index (χ0) is 31.1. The van der Waals surface area contributed by atoms with Gasteiger partial charge < -0.3 is 10.2 Å². The number of non-ortho nitro benzene ring substituents is 1. The molecule has 1 aliphatic rings. The second-order valence-electron chi connectivity index (χ2n) is 10.8. The predicted octanol–water partition coefficient (Wildman–Crippen LogP) is 5.13. The van der Waals surface area contributed by atoms with Crippen LogP contribution in [0.5, 0.6) is 0 Å². The monoisotopic (exact) mass is 670 g/mol. The molecule has 1 saturated carbocycles. The summed E-state index contributed by atoms with van der Waals surface area (Å²) in [5.41, 5.74) is 1.76. The first-order valence-electron chi connectivity index (χ1n) is 14.0. The number of carbonyl (C=O) groups is 2. The standard InChI is InChI=1S/C31H35BrN4O6S/c1-22-15-16-27(36(39)40)19-28(22)35(43(2,41)42)21-30(37)34(20-24-11-8-12-25(32)17-24)29(18-23-9-4-3-5-10-23)31(38)33-26-13-6-7-14-26/h3-5,8-12,15-17,19,26,29H,6-7,13-14,18,20-21H2,1-2H3,(H,33,38)/t29-/m1/s1. The molecule has 1 fully saturated rings. The highest BCUT2D eigenvalue weighted by Crippen LogP contribution is 2.28. The second-order valence-corrected chi connectivity index (χ2v) is 13.7. The first-order valence-corrected chi connectivity index (χ1v) is 16.7. The lowest BCUT2D eigenvalue weighted by atomic mass is 10.0. The quantitative estimate of drug-likeness (QED) is 0.210. The number of nitrogens with zero attached hydrogens (tertiary/aromatic N) is 3. The fourth-order valence-corrected chi connectivity index (χ4v) is 6.67. The molecule has 1 atom stereocenters. The van der Waals surface area contributed by atoms with E-state index in [0.29, 0.717) is 5.56 Å². The summed E-state index contributed by atoms with van der Waals surface area (Å²) in [4.78, 5) is 40.5. The lowest BCUT2D eigenvalue weighted by Gasteiger charge is -2.34. The molecule has 1 aliphatic carbocycles. The van der Waals surface area contributed by atoms with Crippen LogP contribution in [0.1, 0.15) is 42.4 Å². The van der Waals surface area contributed by atoms with E-state index in [9.17, 15) is 28.1 Å². The lowest BCUT2D eigenvalue weighted by molar-refractivity contribution is -0.384. The molecule has 0 bridgehead atoms. The molecule has 0 aliphatic heterocycles. The summed E-state index contributed by atoms with van der Waals surface area (Å²) in [7, 11) is -4.06. The Kier molecular flexibility index (Phi) is 10.6. The van der Waals surface area contributed by atoms with Crippen molar-refractivity contribution in [3.05, 3.63) is 104 Å². The van der Waals surface area contributed by atoms with Gasteiger partial charge in [0.05, 0.1) is 16.9 Å². The summed E-state index contributed by atoms with van der Waals surface area (Å²) in [5, 5.41) is 14.6. The Morgan fingerprint density at radius 2 is 1.70 bits per heavy atom. The minimum atomic E-state index is -4.06. The molecule has 0 unspecified atom stereocenters. The number of halogens is 1. The summed E-state index contributed by atoms with van der Waals surface area (Å²) in [6.07, 6.45) is 4.91. The van der Waals surface area contributed by atoms with Gasteiger partial charge in [-0.1, -0.05) is 77.3 Å². The van der Waals surface area contributed by atoms with Crippen LogP contribution >= 0.6 is 15.9 Å². The van der Waals surface area contributed by atoms with E-state index in [2.05, 4.69) is 21.2 Å². The smallest absolute Gasteiger partial charge is 0.271 e. The van der Waals surface area contributed by atoms with Crippen LogP contribution in [0.25, 0.3) is 0 Å². The van der Waals surface area contributed by atoms with Crippen LogP contribution in [0.3, 0.4) is 0 Å². The molecule has 0 aromatic heterocycles. The van der Waals surface area contributed by atoms with Crippen molar-refractivity contribution in [1.29, 1.82) is 0 Å². The highest BCUT2D eigenvalue weighted by atomic mass is 79.9. The van der Waals surface area contributed by atoms with E-state index in [-0.39, 0.29) is 36.3 Å². The van der Waals surface area contributed by atoms with Crippen molar-refractivity contribution in [1.82, 2.24) is 10.2 Å². The zero-order valence-electron chi connectivity index (χ0n) is 24.1. The number of anilines is 1. The van der Waals surface area contributed by atoms with Gasteiger partial charge in [0.25, 0.3) is 5.69 Å². The van der Waals surface area contributed by atoms with Crippen LogP contribution in [0, 0.1) is 17.0 Å². The van der Waals surface area contributed by atoms with Crippen molar-refractivity contribution < 1.29 is 22.9 Å². The summed E-state index contributed by atoms with van der Waals surface area (Å²) < 4.78 is 27.8. The van der Waals surface area contributed by atoms with Crippen molar-refractivity contribution in [2.45, 2.75) is 57.7 Å². The first kappa shape index (κ1) is 32.2. The number of nitro groups is 1. The molecule has 4 rings (SSSR count). The Hall–Kier alpha value is -3.77. The average Bonchev–Trinajstić information content (AvgIpc) is 3.47. The highest BCUT2D eigenvalue weighted by Gasteiger charge is 2.34. The van der Waals surface area contributed by atoms with Crippen molar-refractivity contribution in [3.63, 3.8) is 0 Å². The van der Waals surface area contributed by atoms with E-state index >= 15 is 0 Å². The molecule has 10 nitrogen and oxygen atoms in total. The number of sulfonamides is 1. The number of amides is 2. The molecule has 0 heterocycles. The molecule has 43 heavy (non-hydrogen) atoms. The van der Waals surface area contributed by atoms with Gasteiger partial charge in [-0.05, 0) is 48.6 Å². The first-order chi connectivity index (χ1) is 20.4. The molecule has 0 spiro atoms. The fourth-order valence-electron chi connectivity index (χ4n) is 5.33. The Bertz CT molecular complexity index is 1580. The van der Waals surface area contributed by atoms with Gasteiger partial charge in [0.2, 0.25) is 21.8 Å². The Labute approximate surface area is 260 Å². The van der Waals surface area contributed by atoms with E-state index < -0.39 is 33.4 Å². The number of rotatable bonds is 12. The summed E-state index contributed by atoms with van der Waals surface area (Å²) in [5.74, 6) is -0.921. The molecule has 0 saturated heterocycles. The minimum Gasteiger partial charge on any atom is -0.352 e. The van der Waals surface area contributed by atoms with Gasteiger partial charge >= 0.3 is 0 Å². The van der Waals surface area contributed by atoms with Crippen LogP contribution in [0.4, 0.5) is 11.4 Å². The van der Waals surface area contributed by atoms with E-state index in [1.54, 1.807) is 6.92 Å². The van der Waals surface area contributed by atoms with E-state index in [1.165, 1.54) is 17.0 Å². The van der Waals surface area contributed by atoms with Gasteiger partial charge in [-0.2, -0.15) is 0 Å². The minimum absolute atomic E-state index is 0.00799. The molecule has 12 heteroatoms. The number of nitro benzene ring substituents is 1. The second kappa shape index (κ2) is 14.1. The summed E-state index contributed by atoms with van der Waals surface area (Å²) in [6, 6.07) is 19.6. The molecule has 2 amide bonds. The van der Waals surface area contributed by atoms with Crippen molar-refractivity contribution in [2.24, 2.45) is 0 Å². The third-order valence-corrected chi connectivity index (χ3v) is 9.19. The van der Waals surface area contributed by atoms with Gasteiger partial charge in [0, 0.05) is 35.6 Å². The number of nitrogens with one attached hydrogen (secondary N) is 1. The molecule has 0 radical (unpaired) electrons. The summed E-state index contributed by atoms with van der Waals surface area (Å²) in [6.45, 7) is 1.02. The molecule has 1 N–H and O–H groups in total. The van der Waals surface area contributed by atoms with Gasteiger partial charge in [0.1, 0.15) is 12.6 Å². The van der Waals surface area contributed by atoms with Crippen LogP contribution in [-0.2, 0) is 32.6 Å². The van der Waals surface area contributed by atoms with E-state index in [0.717, 1.165) is 57.9 Å². The maximum Gasteiger partial charge on any atom is 0.271 e.